The van der Waals surface area contributed by atoms with E-state index in [2.05, 4.69) is 10.6 Å². The van der Waals surface area contributed by atoms with Crippen molar-refractivity contribution in [1.82, 2.24) is 5.32 Å². The third-order valence-corrected chi connectivity index (χ3v) is 3.34. The highest BCUT2D eigenvalue weighted by molar-refractivity contribution is 5.76. The van der Waals surface area contributed by atoms with Gasteiger partial charge in [0.1, 0.15) is 11.6 Å². The van der Waals surface area contributed by atoms with Gasteiger partial charge in [-0.2, -0.15) is 0 Å². The summed E-state index contributed by atoms with van der Waals surface area (Å²) in [5, 5.41) is 5.89. The number of ether oxygens (including phenoxy) is 1. The summed E-state index contributed by atoms with van der Waals surface area (Å²) in [5.74, 6) is 0.392. The van der Waals surface area contributed by atoms with E-state index < -0.39 is 0 Å². The summed E-state index contributed by atoms with van der Waals surface area (Å²) in [4.78, 5) is 11.8. The van der Waals surface area contributed by atoms with E-state index in [1.165, 1.54) is 6.07 Å². The van der Waals surface area contributed by atoms with Crippen LogP contribution in [-0.2, 0) is 11.3 Å². The fourth-order valence-corrected chi connectivity index (χ4v) is 2.17. The number of hydrogen-bond acceptors (Lipinski definition) is 3. The molecule has 1 amide bonds. The first kappa shape index (κ1) is 17.8. The van der Waals surface area contributed by atoms with Crippen molar-refractivity contribution < 1.29 is 13.9 Å². The van der Waals surface area contributed by atoms with Crippen LogP contribution in [0.2, 0.25) is 0 Å². The molecule has 24 heavy (non-hydrogen) atoms. The van der Waals surface area contributed by atoms with E-state index in [-0.39, 0.29) is 24.4 Å². The number of benzene rings is 2. The van der Waals surface area contributed by atoms with Gasteiger partial charge in [-0.3, -0.25) is 4.79 Å². The zero-order valence-corrected chi connectivity index (χ0v) is 14.0. The summed E-state index contributed by atoms with van der Waals surface area (Å²) >= 11 is 0. The normalized spacial score (nSPS) is 10.5. The number of halogens is 1. The van der Waals surface area contributed by atoms with E-state index in [0.29, 0.717) is 18.5 Å². The lowest BCUT2D eigenvalue weighted by Gasteiger charge is -2.11. The highest BCUT2D eigenvalue weighted by Crippen LogP contribution is 2.16. The van der Waals surface area contributed by atoms with Crippen LogP contribution in [0.3, 0.4) is 0 Å². The summed E-state index contributed by atoms with van der Waals surface area (Å²) < 4.78 is 19.0. The molecule has 0 radical (unpaired) electrons. The molecule has 0 saturated carbocycles. The van der Waals surface area contributed by atoms with Gasteiger partial charge in [0.25, 0.3) is 0 Å². The van der Waals surface area contributed by atoms with E-state index in [1.807, 2.05) is 38.1 Å². The molecule has 0 aromatic heterocycles. The predicted octanol–water partition coefficient (Wildman–Crippen LogP) is 3.73. The Hall–Kier alpha value is -2.56. The molecule has 0 spiro atoms. The standard InChI is InChI=1S/C19H23FN2O2/c1-14(2)24-17-9-7-16(8-10-17)21-12-11-19(23)22-13-15-5-3-4-6-18(15)20/h3-10,14,21H,11-13H2,1-2H3,(H,22,23). The van der Waals surface area contributed by atoms with E-state index in [0.717, 1.165) is 11.4 Å². The average Bonchev–Trinajstić information content (AvgIpc) is 2.55. The Bertz CT molecular complexity index is 657. The second-order valence-corrected chi connectivity index (χ2v) is 5.74. The molecule has 0 aliphatic rings. The van der Waals surface area contributed by atoms with Gasteiger partial charge in [-0.15, -0.1) is 0 Å². The lowest BCUT2D eigenvalue weighted by atomic mass is 10.2. The van der Waals surface area contributed by atoms with Gasteiger partial charge in [0.2, 0.25) is 5.91 Å². The van der Waals surface area contributed by atoms with Crippen molar-refractivity contribution in [3.05, 3.63) is 59.9 Å². The Labute approximate surface area is 142 Å². The number of carbonyl (C=O) groups excluding carboxylic acids is 1. The van der Waals surface area contributed by atoms with Gasteiger partial charge < -0.3 is 15.4 Å². The van der Waals surface area contributed by atoms with Crippen LogP contribution in [0.5, 0.6) is 5.75 Å². The van der Waals surface area contributed by atoms with Crippen molar-refractivity contribution in [2.45, 2.75) is 32.9 Å². The maximum atomic E-state index is 13.5. The Morgan fingerprint density at radius 1 is 1.12 bits per heavy atom. The zero-order valence-electron chi connectivity index (χ0n) is 14.0. The molecule has 0 atom stereocenters. The molecular formula is C19H23FN2O2. The second-order valence-electron chi connectivity index (χ2n) is 5.74. The predicted molar refractivity (Wildman–Crippen MR) is 93.6 cm³/mol. The molecule has 0 aliphatic carbocycles. The van der Waals surface area contributed by atoms with E-state index in [1.54, 1.807) is 18.2 Å². The van der Waals surface area contributed by atoms with Gasteiger partial charge in [-0.1, -0.05) is 18.2 Å². The summed E-state index contributed by atoms with van der Waals surface area (Å²) in [6.45, 7) is 4.67. The lowest BCUT2D eigenvalue weighted by molar-refractivity contribution is -0.121. The first-order valence-electron chi connectivity index (χ1n) is 8.05. The van der Waals surface area contributed by atoms with Gasteiger partial charge in [-0.25, -0.2) is 4.39 Å². The molecule has 0 unspecified atom stereocenters. The summed E-state index contributed by atoms with van der Waals surface area (Å²) in [7, 11) is 0. The fourth-order valence-electron chi connectivity index (χ4n) is 2.17. The molecule has 128 valence electrons. The molecule has 0 aliphatic heterocycles. The summed E-state index contributed by atoms with van der Waals surface area (Å²) in [6, 6.07) is 14.0. The number of anilines is 1. The van der Waals surface area contributed by atoms with Crippen molar-refractivity contribution in [3.63, 3.8) is 0 Å². The summed E-state index contributed by atoms with van der Waals surface area (Å²) in [6.07, 6.45) is 0.459. The van der Waals surface area contributed by atoms with Crippen molar-refractivity contribution >= 4 is 11.6 Å². The van der Waals surface area contributed by atoms with Crippen molar-refractivity contribution in [2.75, 3.05) is 11.9 Å². The largest absolute Gasteiger partial charge is 0.491 e. The van der Waals surface area contributed by atoms with Gasteiger partial charge in [-0.05, 0) is 44.2 Å². The Morgan fingerprint density at radius 2 is 1.83 bits per heavy atom. The van der Waals surface area contributed by atoms with Gasteiger partial charge in [0.15, 0.2) is 0 Å². The van der Waals surface area contributed by atoms with Crippen LogP contribution in [0.4, 0.5) is 10.1 Å². The highest BCUT2D eigenvalue weighted by atomic mass is 19.1. The van der Waals surface area contributed by atoms with Crippen molar-refractivity contribution in [3.8, 4) is 5.75 Å². The summed E-state index contributed by atoms with van der Waals surface area (Å²) in [5.41, 5.74) is 1.41. The van der Waals surface area contributed by atoms with Crippen LogP contribution in [-0.4, -0.2) is 18.6 Å². The Kier molecular flexibility index (Phi) is 6.61. The first-order valence-corrected chi connectivity index (χ1v) is 8.05. The van der Waals surface area contributed by atoms with Crippen LogP contribution >= 0.6 is 0 Å². The van der Waals surface area contributed by atoms with Crippen molar-refractivity contribution in [1.29, 1.82) is 0 Å². The minimum Gasteiger partial charge on any atom is -0.491 e. The SMILES string of the molecule is CC(C)Oc1ccc(NCCC(=O)NCc2ccccc2F)cc1. The van der Waals surface area contributed by atoms with E-state index in [4.69, 9.17) is 4.74 Å². The molecule has 5 heteroatoms. The molecule has 2 rings (SSSR count). The topological polar surface area (TPSA) is 50.4 Å². The number of amides is 1. The molecular weight excluding hydrogens is 307 g/mol. The van der Waals surface area contributed by atoms with E-state index in [9.17, 15) is 9.18 Å². The molecule has 0 fully saturated rings. The van der Waals surface area contributed by atoms with Crippen LogP contribution in [0.25, 0.3) is 0 Å². The molecule has 0 bridgehead atoms. The fraction of sp³-hybridized carbons (Fsp3) is 0.316. The third kappa shape index (κ3) is 5.91. The molecule has 2 aromatic carbocycles. The van der Waals surface area contributed by atoms with E-state index >= 15 is 0 Å². The minimum absolute atomic E-state index is 0.120. The smallest absolute Gasteiger partial charge is 0.222 e. The molecule has 2 N–H and O–H groups in total. The number of nitrogens with one attached hydrogen (secondary N) is 2. The monoisotopic (exact) mass is 330 g/mol. The van der Waals surface area contributed by atoms with Gasteiger partial charge >= 0.3 is 0 Å². The van der Waals surface area contributed by atoms with Crippen molar-refractivity contribution in [2.24, 2.45) is 0 Å². The van der Waals surface area contributed by atoms with Crippen LogP contribution in [0.1, 0.15) is 25.8 Å². The lowest BCUT2D eigenvalue weighted by Crippen LogP contribution is -2.25. The zero-order chi connectivity index (χ0) is 17.4. The number of carbonyl (C=O) groups is 1. The minimum atomic E-state index is -0.306. The molecule has 4 nitrogen and oxygen atoms in total. The number of hydrogen-bond donors (Lipinski definition) is 2. The second kappa shape index (κ2) is 8.91. The highest BCUT2D eigenvalue weighted by Gasteiger charge is 2.04. The maximum Gasteiger partial charge on any atom is 0.222 e. The molecule has 2 aromatic rings. The average molecular weight is 330 g/mol. The first-order chi connectivity index (χ1) is 11.5. The number of rotatable bonds is 8. The van der Waals surface area contributed by atoms with Crippen LogP contribution < -0.4 is 15.4 Å². The third-order valence-electron chi connectivity index (χ3n) is 3.34. The molecule has 0 heterocycles. The Morgan fingerprint density at radius 3 is 2.50 bits per heavy atom. The van der Waals surface area contributed by atoms with Gasteiger partial charge in [0.05, 0.1) is 6.10 Å². The quantitative estimate of drug-likeness (QED) is 0.775. The molecule has 0 saturated heterocycles. The van der Waals surface area contributed by atoms with Crippen LogP contribution in [0.15, 0.2) is 48.5 Å². The van der Waals surface area contributed by atoms with Gasteiger partial charge in [0, 0.05) is 30.8 Å². The van der Waals surface area contributed by atoms with Crippen LogP contribution in [0, 0.1) is 5.82 Å². The Balaban J connectivity index is 1.70. The maximum absolute atomic E-state index is 13.5.